The van der Waals surface area contributed by atoms with E-state index in [9.17, 15) is 5.11 Å². The van der Waals surface area contributed by atoms with E-state index < -0.39 is 0 Å². The second-order valence-electron chi connectivity index (χ2n) is 6.57. The normalized spacial score (nSPS) is 31.4. The maximum absolute atomic E-state index is 10.3. The molecule has 21 heavy (non-hydrogen) atoms. The van der Waals surface area contributed by atoms with Gasteiger partial charge in [-0.1, -0.05) is 19.3 Å². The third kappa shape index (κ3) is 5.51. The van der Waals surface area contributed by atoms with Gasteiger partial charge >= 0.3 is 0 Å². The average molecular weight is 299 g/mol. The number of hydrogen-bond donors (Lipinski definition) is 1. The molecule has 0 bridgehead atoms. The van der Waals surface area contributed by atoms with Gasteiger partial charge < -0.3 is 14.6 Å². The van der Waals surface area contributed by atoms with Gasteiger partial charge in [-0.2, -0.15) is 0 Å². The van der Waals surface area contributed by atoms with E-state index in [4.69, 9.17) is 9.47 Å². The molecule has 1 aliphatic heterocycles. The summed E-state index contributed by atoms with van der Waals surface area (Å²) in [4.78, 5) is 2.58. The van der Waals surface area contributed by atoms with Gasteiger partial charge in [-0.3, -0.25) is 4.90 Å². The van der Waals surface area contributed by atoms with Gasteiger partial charge in [0, 0.05) is 38.8 Å². The summed E-state index contributed by atoms with van der Waals surface area (Å²) in [5.74, 6) is 0.493. The lowest BCUT2D eigenvalue weighted by molar-refractivity contribution is -0.0164. The van der Waals surface area contributed by atoms with Crippen LogP contribution in [0.3, 0.4) is 0 Å². The Morgan fingerprint density at radius 2 is 1.81 bits per heavy atom. The Hall–Kier alpha value is -0.160. The van der Waals surface area contributed by atoms with E-state index in [1.165, 1.54) is 45.1 Å². The molecule has 3 unspecified atom stereocenters. The van der Waals surface area contributed by atoms with Gasteiger partial charge in [0.2, 0.25) is 0 Å². The number of nitrogens with zero attached hydrogens (tertiary/aromatic N) is 1. The number of methoxy groups -OCH3 is 1. The highest BCUT2D eigenvalue weighted by Gasteiger charge is 2.35. The van der Waals surface area contributed by atoms with Crippen LogP contribution in [0.15, 0.2) is 0 Å². The molecule has 1 N–H and O–H groups in total. The molecule has 0 aromatic heterocycles. The molecule has 2 aliphatic rings. The van der Waals surface area contributed by atoms with Crippen LogP contribution in [-0.2, 0) is 9.47 Å². The fraction of sp³-hybridized carbons (Fsp3) is 1.00. The Kier molecular flexibility index (Phi) is 8.01. The van der Waals surface area contributed by atoms with Gasteiger partial charge in [-0.05, 0) is 38.6 Å². The van der Waals surface area contributed by atoms with Crippen molar-refractivity contribution in [2.24, 2.45) is 5.92 Å². The minimum Gasteiger partial charge on any atom is -0.393 e. The Labute approximate surface area is 129 Å². The molecule has 1 saturated heterocycles. The number of likely N-dealkylation sites (tertiary alicyclic amines) is 1. The van der Waals surface area contributed by atoms with E-state index in [2.05, 4.69) is 4.90 Å². The van der Waals surface area contributed by atoms with Crippen LogP contribution in [-0.4, -0.2) is 62.2 Å². The van der Waals surface area contributed by atoms with Gasteiger partial charge in [0.15, 0.2) is 0 Å². The molecular formula is C17H33NO3. The monoisotopic (exact) mass is 299 g/mol. The summed E-state index contributed by atoms with van der Waals surface area (Å²) >= 11 is 0. The minimum atomic E-state index is -0.0769. The predicted octanol–water partition coefficient (Wildman–Crippen LogP) is 2.45. The van der Waals surface area contributed by atoms with Gasteiger partial charge in [0.1, 0.15) is 0 Å². The first kappa shape index (κ1) is 17.2. The Morgan fingerprint density at radius 3 is 2.62 bits per heavy atom. The SMILES string of the molecule is COCCCOCCN1CCCCC1C1CCCCC1O. The lowest BCUT2D eigenvalue weighted by Crippen LogP contribution is -2.49. The van der Waals surface area contributed by atoms with Gasteiger partial charge in [0.05, 0.1) is 12.7 Å². The van der Waals surface area contributed by atoms with Crippen LogP contribution < -0.4 is 0 Å². The highest BCUT2D eigenvalue weighted by Crippen LogP contribution is 2.33. The smallest absolute Gasteiger partial charge is 0.0593 e. The zero-order chi connectivity index (χ0) is 14.9. The van der Waals surface area contributed by atoms with Crippen LogP contribution in [0.4, 0.5) is 0 Å². The quantitative estimate of drug-likeness (QED) is 0.699. The largest absolute Gasteiger partial charge is 0.393 e. The predicted molar refractivity (Wildman–Crippen MR) is 84.5 cm³/mol. The second kappa shape index (κ2) is 9.78. The number of piperidine rings is 1. The van der Waals surface area contributed by atoms with E-state index in [1.54, 1.807) is 7.11 Å². The topological polar surface area (TPSA) is 41.9 Å². The number of aliphatic hydroxyl groups is 1. The zero-order valence-corrected chi connectivity index (χ0v) is 13.6. The summed E-state index contributed by atoms with van der Waals surface area (Å²) in [5, 5.41) is 10.3. The van der Waals surface area contributed by atoms with Crippen molar-refractivity contribution >= 4 is 0 Å². The molecule has 2 fully saturated rings. The summed E-state index contributed by atoms with van der Waals surface area (Å²) in [6, 6.07) is 0.580. The van der Waals surface area contributed by atoms with Crippen molar-refractivity contribution in [1.29, 1.82) is 0 Å². The molecule has 1 saturated carbocycles. The Bertz CT molecular complexity index is 275. The van der Waals surface area contributed by atoms with Crippen LogP contribution in [0, 0.1) is 5.92 Å². The van der Waals surface area contributed by atoms with Crippen molar-refractivity contribution in [1.82, 2.24) is 4.90 Å². The first-order valence-electron chi connectivity index (χ1n) is 8.81. The molecule has 1 aliphatic carbocycles. The molecule has 4 nitrogen and oxygen atoms in total. The average Bonchev–Trinajstić information content (AvgIpc) is 2.52. The maximum Gasteiger partial charge on any atom is 0.0593 e. The standard InChI is InChI=1S/C17H33NO3/c1-20-12-6-13-21-14-11-18-10-5-4-8-16(18)15-7-2-3-9-17(15)19/h15-17,19H,2-14H2,1H3. The third-order valence-corrected chi connectivity index (χ3v) is 5.10. The molecule has 2 rings (SSSR count). The Morgan fingerprint density at radius 1 is 1.00 bits per heavy atom. The van der Waals surface area contributed by atoms with Crippen molar-refractivity contribution in [2.75, 3.05) is 40.0 Å². The van der Waals surface area contributed by atoms with Crippen molar-refractivity contribution in [3.8, 4) is 0 Å². The fourth-order valence-electron chi connectivity index (χ4n) is 3.96. The molecule has 0 amide bonds. The summed E-state index contributed by atoms with van der Waals surface area (Å²) in [6.45, 7) is 4.57. The lowest BCUT2D eigenvalue weighted by atomic mass is 9.78. The first-order valence-corrected chi connectivity index (χ1v) is 8.81. The summed E-state index contributed by atoms with van der Waals surface area (Å²) in [6.07, 6.45) is 9.47. The highest BCUT2D eigenvalue weighted by molar-refractivity contribution is 4.88. The molecule has 124 valence electrons. The highest BCUT2D eigenvalue weighted by atomic mass is 16.5. The summed E-state index contributed by atoms with van der Waals surface area (Å²) in [5.41, 5.74) is 0. The Balaban J connectivity index is 1.73. The van der Waals surface area contributed by atoms with Gasteiger partial charge in [0.25, 0.3) is 0 Å². The third-order valence-electron chi connectivity index (χ3n) is 5.10. The van der Waals surface area contributed by atoms with Crippen LogP contribution >= 0.6 is 0 Å². The molecular weight excluding hydrogens is 266 g/mol. The van der Waals surface area contributed by atoms with Crippen LogP contribution in [0.2, 0.25) is 0 Å². The molecule has 0 aromatic carbocycles. The first-order chi connectivity index (χ1) is 10.3. The van der Waals surface area contributed by atoms with Crippen LogP contribution in [0.1, 0.15) is 51.4 Å². The number of rotatable bonds is 8. The molecule has 1 heterocycles. The minimum absolute atomic E-state index is 0.0769. The second-order valence-corrected chi connectivity index (χ2v) is 6.57. The summed E-state index contributed by atoms with van der Waals surface area (Å²) < 4.78 is 10.7. The van der Waals surface area contributed by atoms with Crippen LogP contribution in [0.5, 0.6) is 0 Å². The molecule has 4 heteroatoms. The molecule has 0 aromatic rings. The van der Waals surface area contributed by atoms with E-state index in [1.807, 2.05) is 0 Å². The van der Waals surface area contributed by atoms with E-state index in [-0.39, 0.29) is 6.10 Å². The van der Waals surface area contributed by atoms with E-state index >= 15 is 0 Å². The molecule has 0 radical (unpaired) electrons. The number of hydrogen-bond acceptors (Lipinski definition) is 4. The van der Waals surface area contributed by atoms with Crippen molar-refractivity contribution < 1.29 is 14.6 Å². The summed E-state index contributed by atoms with van der Waals surface area (Å²) in [7, 11) is 1.73. The van der Waals surface area contributed by atoms with Crippen molar-refractivity contribution in [3.05, 3.63) is 0 Å². The van der Waals surface area contributed by atoms with E-state index in [0.717, 1.165) is 39.2 Å². The molecule has 3 atom stereocenters. The maximum atomic E-state index is 10.3. The number of ether oxygens (including phenoxy) is 2. The molecule has 0 spiro atoms. The fourth-order valence-corrected chi connectivity index (χ4v) is 3.96. The number of aliphatic hydroxyl groups excluding tert-OH is 1. The zero-order valence-electron chi connectivity index (χ0n) is 13.6. The lowest BCUT2D eigenvalue weighted by Gasteiger charge is -2.43. The van der Waals surface area contributed by atoms with Gasteiger partial charge in [-0.15, -0.1) is 0 Å². The van der Waals surface area contributed by atoms with Crippen LogP contribution in [0.25, 0.3) is 0 Å². The van der Waals surface area contributed by atoms with Crippen molar-refractivity contribution in [3.63, 3.8) is 0 Å². The van der Waals surface area contributed by atoms with Crippen molar-refractivity contribution in [2.45, 2.75) is 63.5 Å². The van der Waals surface area contributed by atoms with E-state index in [0.29, 0.717) is 12.0 Å². The van der Waals surface area contributed by atoms with Gasteiger partial charge in [-0.25, -0.2) is 0 Å².